The Hall–Kier alpha value is -1.61. The fourth-order valence-corrected chi connectivity index (χ4v) is 1.78. The lowest BCUT2D eigenvalue weighted by Crippen LogP contribution is -1.97. The van der Waals surface area contributed by atoms with E-state index in [0.29, 0.717) is 16.5 Å². The highest BCUT2D eigenvalue weighted by atomic mass is 35.5. The number of rotatable bonds is 1. The molecule has 1 aromatic heterocycles. The van der Waals surface area contributed by atoms with Gasteiger partial charge in [0.1, 0.15) is 17.2 Å². The number of aromatic nitrogens is 2. The summed E-state index contributed by atoms with van der Waals surface area (Å²) < 4.78 is 0. The zero-order valence-corrected chi connectivity index (χ0v) is 9.92. The Kier molecular flexibility index (Phi) is 2.79. The number of halogens is 1. The summed E-state index contributed by atoms with van der Waals surface area (Å²) in [6.45, 7) is 4.09. The summed E-state index contributed by atoms with van der Waals surface area (Å²) in [4.78, 5) is 8.04. The molecule has 16 heavy (non-hydrogen) atoms. The molecule has 1 heterocycles. The largest absolute Gasteiger partial charge is 0.382 e. The highest BCUT2D eigenvalue weighted by Crippen LogP contribution is 2.31. The highest BCUT2D eigenvalue weighted by Gasteiger charge is 2.11. The van der Waals surface area contributed by atoms with Crippen molar-refractivity contribution in [3.63, 3.8) is 0 Å². The van der Waals surface area contributed by atoms with E-state index in [9.17, 15) is 0 Å². The number of nitrogen functional groups attached to an aromatic ring is 1. The van der Waals surface area contributed by atoms with Crippen LogP contribution in [-0.2, 0) is 0 Å². The summed E-state index contributed by atoms with van der Waals surface area (Å²) in [6, 6.07) is 6.01. The van der Waals surface area contributed by atoms with Crippen molar-refractivity contribution in [1.82, 2.24) is 9.97 Å². The summed E-state index contributed by atoms with van der Waals surface area (Å²) >= 11 is 6.10. The third-order valence-electron chi connectivity index (χ3n) is 2.68. The molecule has 0 fully saturated rings. The van der Waals surface area contributed by atoms with E-state index in [1.54, 1.807) is 0 Å². The number of hydrogen-bond donors (Lipinski definition) is 1. The van der Waals surface area contributed by atoms with Crippen molar-refractivity contribution >= 4 is 17.4 Å². The van der Waals surface area contributed by atoms with E-state index in [1.165, 1.54) is 11.9 Å². The van der Waals surface area contributed by atoms with Gasteiger partial charge in [0, 0.05) is 5.56 Å². The molecule has 82 valence electrons. The fraction of sp³-hybridized carbons (Fsp3) is 0.167. The van der Waals surface area contributed by atoms with E-state index in [-0.39, 0.29) is 0 Å². The van der Waals surface area contributed by atoms with Crippen LogP contribution in [0, 0.1) is 13.8 Å². The normalized spacial score (nSPS) is 10.4. The molecule has 0 saturated carbocycles. The number of nitrogens with zero attached hydrogens (tertiary/aromatic N) is 2. The number of benzene rings is 1. The molecule has 2 rings (SSSR count). The van der Waals surface area contributed by atoms with Crippen LogP contribution in [-0.4, -0.2) is 9.97 Å². The molecule has 0 radical (unpaired) electrons. The summed E-state index contributed by atoms with van der Waals surface area (Å²) in [6.07, 6.45) is 1.43. The smallest absolute Gasteiger partial charge is 0.146 e. The first kappa shape index (κ1) is 10.9. The van der Waals surface area contributed by atoms with Crippen LogP contribution in [0.3, 0.4) is 0 Å². The van der Waals surface area contributed by atoms with Crippen molar-refractivity contribution in [2.24, 2.45) is 0 Å². The minimum absolute atomic E-state index is 0.313. The Labute approximate surface area is 99.3 Å². The van der Waals surface area contributed by atoms with Crippen molar-refractivity contribution in [2.75, 3.05) is 5.73 Å². The van der Waals surface area contributed by atoms with Gasteiger partial charge >= 0.3 is 0 Å². The fourth-order valence-electron chi connectivity index (χ4n) is 1.58. The molecule has 2 N–H and O–H groups in total. The maximum atomic E-state index is 6.10. The van der Waals surface area contributed by atoms with Gasteiger partial charge in [0.15, 0.2) is 0 Å². The number of anilines is 1. The van der Waals surface area contributed by atoms with E-state index in [2.05, 4.69) is 23.0 Å². The third kappa shape index (κ3) is 1.74. The number of aryl methyl sites for hydroxylation is 1. The topological polar surface area (TPSA) is 51.8 Å². The molecule has 0 unspecified atom stereocenters. The Bertz CT molecular complexity index is 488. The molecular weight excluding hydrogens is 222 g/mol. The van der Waals surface area contributed by atoms with Gasteiger partial charge in [-0.15, -0.1) is 0 Å². The van der Waals surface area contributed by atoms with Crippen molar-refractivity contribution < 1.29 is 0 Å². The first-order valence-corrected chi connectivity index (χ1v) is 5.31. The Morgan fingerprint density at radius 3 is 2.69 bits per heavy atom. The standard InChI is InChI=1S/C12H12ClN3/c1-7-4-3-5-9(8(7)2)11-10(13)12(14)16-6-15-11/h3-6H,1-2H3,(H2,14,15,16). The molecule has 1 aromatic carbocycles. The minimum Gasteiger partial charge on any atom is -0.382 e. The first-order valence-electron chi connectivity index (χ1n) is 4.94. The van der Waals surface area contributed by atoms with Gasteiger partial charge in [-0.05, 0) is 25.0 Å². The van der Waals surface area contributed by atoms with Gasteiger partial charge in [0.25, 0.3) is 0 Å². The van der Waals surface area contributed by atoms with Gasteiger partial charge < -0.3 is 5.73 Å². The van der Waals surface area contributed by atoms with Gasteiger partial charge in [0.05, 0.1) is 5.69 Å². The number of nitrogens with two attached hydrogens (primary N) is 1. The molecule has 0 aliphatic carbocycles. The zero-order chi connectivity index (χ0) is 11.7. The average Bonchev–Trinajstić information content (AvgIpc) is 2.27. The van der Waals surface area contributed by atoms with Crippen LogP contribution < -0.4 is 5.73 Å². The van der Waals surface area contributed by atoms with E-state index in [4.69, 9.17) is 17.3 Å². The molecule has 0 atom stereocenters. The Morgan fingerprint density at radius 2 is 1.94 bits per heavy atom. The van der Waals surface area contributed by atoms with Gasteiger partial charge in [-0.25, -0.2) is 9.97 Å². The molecule has 0 saturated heterocycles. The van der Waals surface area contributed by atoms with E-state index < -0.39 is 0 Å². The summed E-state index contributed by atoms with van der Waals surface area (Å²) in [7, 11) is 0. The van der Waals surface area contributed by atoms with Crippen LogP contribution in [0.15, 0.2) is 24.5 Å². The Balaban J connectivity index is 2.68. The van der Waals surface area contributed by atoms with Crippen LogP contribution in [0.5, 0.6) is 0 Å². The zero-order valence-electron chi connectivity index (χ0n) is 9.16. The summed E-state index contributed by atoms with van der Waals surface area (Å²) in [5.74, 6) is 0.313. The van der Waals surface area contributed by atoms with E-state index in [1.807, 2.05) is 19.1 Å². The van der Waals surface area contributed by atoms with E-state index >= 15 is 0 Å². The Morgan fingerprint density at radius 1 is 1.19 bits per heavy atom. The number of hydrogen-bond acceptors (Lipinski definition) is 3. The van der Waals surface area contributed by atoms with E-state index in [0.717, 1.165) is 11.1 Å². The monoisotopic (exact) mass is 233 g/mol. The van der Waals surface area contributed by atoms with Gasteiger partial charge in [-0.3, -0.25) is 0 Å². The highest BCUT2D eigenvalue weighted by molar-refractivity contribution is 6.35. The average molecular weight is 234 g/mol. The van der Waals surface area contributed by atoms with Crippen LogP contribution >= 0.6 is 11.6 Å². The predicted molar refractivity (Wildman–Crippen MR) is 66.4 cm³/mol. The minimum atomic E-state index is 0.313. The van der Waals surface area contributed by atoms with Gasteiger partial charge in [0.2, 0.25) is 0 Å². The van der Waals surface area contributed by atoms with Gasteiger partial charge in [-0.2, -0.15) is 0 Å². The summed E-state index contributed by atoms with van der Waals surface area (Å²) in [5, 5.41) is 0.413. The molecule has 0 spiro atoms. The molecule has 0 bridgehead atoms. The SMILES string of the molecule is Cc1cccc(-c2ncnc(N)c2Cl)c1C. The second-order valence-electron chi connectivity index (χ2n) is 3.67. The molecule has 0 aliphatic rings. The molecule has 0 amide bonds. The van der Waals surface area contributed by atoms with Crippen molar-refractivity contribution in [2.45, 2.75) is 13.8 Å². The van der Waals surface area contributed by atoms with Crippen molar-refractivity contribution in [1.29, 1.82) is 0 Å². The molecule has 2 aromatic rings. The quantitative estimate of drug-likeness (QED) is 0.824. The first-order chi connectivity index (χ1) is 7.61. The lowest BCUT2D eigenvalue weighted by atomic mass is 10.0. The molecule has 3 nitrogen and oxygen atoms in total. The second kappa shape index (κ2) is 4.10. The van der Waals surface area contributed by atoms with Crippen molar-refractivity contribution in [3.05, 3.63) is 40.7 Å². The third-order valence-corrected chi connectivity index (χ3v) is 3.05. The molecular formula is C12H12ClN3. The van der Waals surface area contributed by atoms with Crippen LogP contribution in [0.1, 0.15) is 11.1 Å². The maximum absolute atomic E-state index is 6.10. The lowest BCUT2D eigenvalue weighted by molar-refractivity contribution is 1.17. The second-order valence-corrected chi connectivity index (χ2v) is 4.05. The van der Waals surface area contributed by atoms with Crippen LogP contribution in [0.25, 0.3) is 11.3 Å². The predicted octanol–water partition coefficient (Wildman–Crippen LogP) is 3.00. The van der Waals surface area contributed by atoms with Crippen LogP contribution in [0.4, 0.5) is 5.82 Å². The lowest BCUT2D eigenvalue weighted by Gasteiger charge is -2.09. The van der Waals surface area contributed by atoms with Gasteiger partial charge in [-0.1, -0.05) is 29.8 Å². The molecule has 4 heteroatoms. The molecule has 0 aliphatic heterocycles. The summed E-state index contributed by atoms with van der Waals surface area (Å²) in [5.41, 5.74) is 9.71. The van der Waals surface area contributed by atoms with Crippen molar-refractivity contribution in [3.8, 4) is 11.3 Å². The maximum Gasteiger partial charge on any atom is 0.146 e. The van der Waals surface area contributed by atoms with Crippen LogP contribution in [0.2, 0.25) is 5.02 Å².